The van der Waals surface area contributed by atoms with Gasteiger partial charge in [0, 0.05) is 29.0 Å². The molecule has 0 saturated heterocycles. The van der Waals surface area contributed by atoms with Crippen LogP contribution in [-0.4, -0.2) is 36.5 Å². The Morgan fingerprint density at radius 3 is 2.59 bits per heavy atom. The maximum absolute atomic E-state index is 12.9. The Kier molecular flexibility index (Phi) is 8.81. The number of hydrogen-bond donors (Lipinski definition) is 3. The molecule has 0 spiro atoms. The van der Waals surface area contributed by atoms with E-state index >= 15 is 0 Å². The van der Waals surface area contributed by atoms with Gasteiger partial charge in [-0.1, -0.05) is 11.6 Å². The summed E-state index contributed by atoms with van der Waals surface area (Å²) < 4.78 is 5.16. The number of aryl methyl sites for hydroxylation is 1. The number of benzene rings is 2. The van der Waals surface area contributed by atoms with Gasteiger partial charge >= 0.3 is 24.9 Å². The molecule has 1 aliphatic carbocycles. The van der Waals surface area contributed by atoms with Gasteiger partial charge < -0.3 is 32.5 Å². The molecule has 1 heterocycles. The average Bonchev–Trinajstić information content (AvgIpc) is 2.79. The average molecular weight is 477 g/mol. The quantitative estimate of drug-likeness (QED) is 0.442. The zero-order chi connectivity index (χ0) is 23.5. The molecule has 7 nitrogen and oxygen atoms in total. The number of anilines is 3. The van der Waals surface area contributed by atoms with Crippen LogP contribution in [0.25, 0.3) is 0 Å². The summed E-state index contributed by atoms with van der Waals surface area (Å²) in [7, 11) is 1.55. The van der Waals surface area contributed by atoms with Gasteiger partial charge in [-0.3, -0.25) is 4.79 Å². The molecule has 2 aliphatic rings. The summed E-state index contributed by atoms with van der Waals surface area (Å²) in [5.74, 6) is 0.478. The van der Waals surface area contributed by atoms with Crippen molar-refractivity contribution in [3.63, 3.8) is 0 Å². The van der Waals surface area contributed by atoms with E-state index in [1.54, 1.807) is 25.3 Å². The zero-order valence-electron chi connectivity index (χ0n) is 20.0. The Hall–Kier alpha value is -2.33. The van der Waals surface area contributed by atoms with Crippen LogP contribution in [0.15, 0.2) is 30.3 Å². The van der Waals surface area contributed by atoms with E-state index in [-0.39, 0.29) is 42.8 Å². The maximum Gasteiger partial charge on any atom is 1.00 e. The molecule has 2 aromatic rings. The van der Waals surface area contributed by atoms with Gasteiger partial charge in [-0.15, -0.1) is 6.54 Å². The van der Waals surface area contributed by atoms with Crippen LogP contribution in [0.5, 0.6) is 5.75 Å². The number of urea groups is 1. The van der Waals surface area contributed by atoms with Gasteiger partial charge in [0.2, 0.25) is 5.91 Å². The minimum Gasteiger partial charge on any atom is -0.495 e. The largest absolute Gasteiger partial charge is 1.00 e. The van der Waals surface area contributed by atoms with Crippen molar-refractivity contribution in [1.29, 1.82) is 0 Å². The van der Waals surface area contributed by atoms with Crippen LogP contribution in [0, 0.1) is 19.8 Å². The molecule has 2 aromatic carbocycles. The molecule has 176 valence electrons. The monoisotopic (exact) mass is 476 g/mol. The molecule has 34 heavy (non-hydrogen) atoms. The van der Waals surface area contributed by atoms with Gasteiger partial charge in [-0.05, 0) is 74.1 Å². The molecular weight excluding hydrogens is 447 g/mol. The van der Waals surface area contributed by atoms with E-state index in [1.165, 1.54) is 0 Å². The van der Waals surface area contributed by atoms with Crippen molar-refractivity contribution in [3.05, 3.63) is 53.4 Å². The van der Waals surface area contributed by atoms with Crippen molar-refractivity contribution in [3.8, 4) is 5.75 Å². The fourth-order valence-electron chi connectivity index (χ4n) is 4.75. The smallest absolute Gasteiger partial charge is 0.495 e. The van der Waals surface area contributed by atoms with Gasteiger partial charge in [0.25, 0.3) is 0 Å². The number of carbonyl (C=O) groups excluding carboxylic acids is 2. The number of nitrogens with zero attached hydrogens (tertiary/aromatic N) is 1. The van der Waals surface area contributed by atoms with Crippen molar-refractivity contribution < 1.29 is 33.2 Å². The number of amides is 3. The van der Waals surface area contributed by atoms with Crippen LogP contribution >= 0.6 is 11.6 Å². The summed E-state index contributed by atoms with van der Waals surface area (Å²) >= 11 is 6.16. The summed E-state index contributed by atoms with van der Waals surface area (Å²) in [6.45, 7) is 7.05. The number of fused-ring (bicyclic) bond motifs is 1. The summed E-state index contributed by atoms with van der Waals surface area (Å²) in [6.07, 6.45) is 3.07. The van der Waals surface area contributed by atoms with Crippen LogP contribution < -0.4 is 39.5 Å². The maximum atomic E-state index is 12.9. The topological polar surface area (TPSA) is 82.7 Å². The number of rotatable bonds is 6. The third-order valence-corrected chi connectivity index (χ3v) is 6.86. The van der Waals surface area contributed by atoms with Crippen LogP contribution in [0.4, 0.5) is 21.9 Å². The standard InChI is InChI=1S/C25H30ClN4O3.Li/c1-4-27-18-11-15(2)20-14-30(25(32)29-22(20)13-18)19-8-5-16(6-9-19)24(31)28-17-7-10-23(33-3)21(26)12-17;/h7,10-13,16,19,27H,1,4-6,8-9,14H2,2-3H3,(H,28,31)(H,29,32);/q-1;+1. The van der Waals surface area contributed by atoms with E-state index in [2.05, 4.69) is 35.9 Å². The molecule has 1 aliphatic heterocycles. The van der Waals surface area contributed by atoms with Crippen molar-refractivity contribution in [2.75, 3.05) is 29.6 Å². The summed E-state index contributed by atoms with van der Waals surface area (Å²) in [6, 6.07) is 9.32. The second kappa shape index (κ2) is 11.4. The number of halogens is 1. The molecule has 3 N–H and O–H groups in total. The Morgan fingerprint density at radius 1 is 1.21 bits per heavy atom. The molecule has 4 rings (SSSR count). The molecule has 0 aromatic heterocycles. The molecular formula is C25H30ClLiN4O3. The van der Waals surface area contributed by atoms with E-state index in [1.807, 2.05) is 11.0 Å². The number of nitrogens with one attached hydrogen (secondary N) is 3. The van der Waals surface area contributed by atoms with E-state index in [4.69, 9.17) is 16.3 Å². The van der Waals surface area contributed by atoms with Gasteiger partial charge in [0.1, 0.15) is 5.75 Å². The number of carbonyl (C=O) groups is 2. The van der Waals surface area contributed by atoms with Crippen LogP contribution in [0.3, 0.4) is 0 Å². The second-order valence-corrected chi connectivity index (χ2v) is 9.06. The molecule has 0 radical (unpaired) electrons. The third-order valence-electron chi connectivity index (χ3n) is 6.56. The molecule has 0 unspecified atom stereocenters. The SMILES string of the molecule is [CH2-]CNc1cc(C)c2c(c1)NC(=O)N(C1CCC(C(=O)Nc3ccc(OC)c(Cl)c3)CC1)C2.[Li+]. The van der Waals surface area contributed by atoms with E-state index in [0.29, 0.717) is 29.5 Å². The molecule has 0 atom stereocenters. The number of hydrogen-bond acceptors (Lipinski definition) is 4. The Balaban J connectivity index is 0.00000324. The molecule has 9 heteroatoms. The fraction of sp³-hybridized carbons (Fsp3) is 0.400. The third kappa shape index (κ3) is 5.65. The van der Waals surface area contributed by atoms with Crippen LogP contribution in [-0.2, 0) is 11.3 Å². The summed E-state index contributed by atoms with van der Waals surface area (Å²) in [5.41, 5.74) is 4.75. The minimum atomic E-state index is -0.0831. The Morgan fingerprint density at radius 2 is 1.94 bits per heavy atom. The summed E-state index contributed by atoms with van der Waals surface area (Å²) in [5, 5.41) is 9.67. The first kappa shape index (κ1) is 26.3. The first-order valence-corrected chi connectivity index (χ1v) is 11.7. The first-order chi connectivity index (χ1) is 15.9. The number of methoxy groups -OCH3 is 1. The van der Waals surface area contributed by atoms with Gasteiger partial charge in [-0.2, -0.15) is 0 Å². The summed E-state index contributed by atoms with van der Waals surface area (Å²) in [4.78, 5) is 27.6. The molecule has 0 bridgehead atoms. The normalized spacial score (nSPS) is 19.4. The predicted octanol–water partition coefficient (Wildman–Crippen LogP) is 2.45. The van der Waals surface area contributed by atoms with Crippen molar-refractivity contribution in [2.45, 2.75) is 45.2 Å². The van der Waals surface area contributed by atoms with Crippen molar-refractivity contribution >= 4 is 40.6 Å². The Labute approximate surface area is 218 Å². The van der Waals surface area contributed by atoms with E-state index < -0.39 is 0 Å². The zero-order valence-corrected chi connectivity index (χ0v) is 20.8. The number of ether oxygens (including phenoxy) is 1. The molecule has 3 amide bonds. The van der Waals surface area contributed by atoms with Crippen molar-refractivity contribution in [1.82, 2.24) is 4.90 Å². The van der Waals surface area contributed by atoms with Crippen LogP contribution in [0.2, 0.25) is 5.02 Å². The second-order valence-electron chi connectivity index (χ2n) is 8.65. The Bertz CT molecular complexity index is 1060. The van der Waals surface area contributed by atoms with E-state index in [0.717, 1.165) is 48.2 Å². The minimum absolute atomic E-state index is 0. The van der Waals surface area contributed by atoms with Gasteiger partial charge in [0.05, 0.1) is 18.7 Å². The van der Waals surface area contributed by atoms with Crippen molar-refractivity contribution in [2.24, 2.45) is 5.92 Å². The first-order valence-electron chi connectivity index (χ1n) is 11.3. The van der Waals surface area contributed by atoms with Crippen LogP contribution in [0.1, 0.15) is 36.8 Å². The van der Waals surface area contributed by atoms with E-state index in [9.17, 15) is 9.59 Å². The molecule has 1 saturated carbocycles. The van der Waals surface area contributed by atoms with Gasteiger partial charge in [0.15, 0.2) is 0 Å². The predicted molar refractivity (Wildman–Crippen MR) is 132 cm³/mol. The molecule has 1 fully saturated rings. The fourth-order valence-corrected chi connectivity index (χ4v) is 5.00. The van der Waals surface area contributed by atoms with Gasteiger partial charge in [-0.25, -0.2) is 4.79 Å².